The van der Waals surface area contributed by atoms with E-state index in [0.29, 0.717) is 16.7 Å². The van der Waals surface area contributed by atoms with Crippen LogP contribution in [-0.2, 0) is 0 Å². The zero-order valence-electron chi connectivity index (χ0n) is 9.88. The van der Waals surface area contributed by atoms with Crippen LogP contribution in [0.4, 0.5) is 4.39 Å². The van der Waals surface area contributed by atoms with Crippen LogP contribution in [0.1, 0.15) is 19.8 Å². The molecule has 94 valence electrons. The summed E-state index contributed by atoms with van der Waals surface area (Å²) in [7, 11) is 0. The summed E-state index contributed by atoms with van der Waals surface area (Å²) in [5.74, 6) is 0.380. The highest BCUT2D eigenvalue weighted by Crippen LogP contribution is 2.26. The van der Waals surface area contributed by atoms with Crippen molar-refractivity contribution >= 4 is 11.6 Å². The molecule has 2 nitrogen and oxygen atoms in total. The molecule has 1 heterocycles. The van der Waals surface area contributed by atoms with E-state index in [0.717, 1.165) is 25.9 Å². The van der Waals surface area contributed by atoms with Crippen LogP contribution in [0, 0.1) is 11.7 Å². The lowest BCUT2D eigenvalue weighted by Gasteiger charge is -2.23. The number of ether oxygens (including phenoxy) is 1. The quantitative estimate of drug-likeness (QED) is 0.894. The first-order chi connectivity index (χ1) is 8.20. The predicted molar refractivity (Wildman–Crippen MR) is 67.1 cm³/mol. The Morgan fingerprint density at radius 2 is 2.41 bits per heavy atom. The normalized spacial score (nSPS) is 21.5. The van der Waals surface area contributed by atoms with Gasteiger partial charge in [0.2, 0.25) is 0 Å². The molecule has 0 unspecified atom stereocenters. The highest BCUT2D eigenvalue weighted by Gasteiger charge is 2.25. The Hall–Kier alpha value is -0.800. The fraction of sp³-hybridized carbons (Fsp3) is 0.538. The maximum atomic E-state index is 13.6. The van der Waals surface area contributed by atoms with Crippen molar-refractivity contribution in [1.29, 1.82) is 0 Å². The number of benzene rings is 1. The third-order valence-electron chi connectivity index (χ3n) is 3.20. The van der Waals surface area contributed by atoms with E-state index in [4.69, 9.17) is 16.3 Å². The van der Waals surface area contributed by atoms with Gasteiger partial charge >= 0.3 is 0 Å². The third kappa shape index (κ3) is 3.11. The molecular formula is C13H17ClFNO. The minimum absolute atomic E-state index is 0.0701. The summed E-state index contributed by atoms with van der Waals surface area (Å²) in [5, 5.41) is 3.70. The zero-order chi connectivity index (χ0) is 12.3. The van der Waals surface area contributed by atoms with Gasteiger partial charge in [-0.25, -0.2) is 4.39 Å². The molecule has 4 heteroatoms. The summed E-state index contributed by atoms with van der Waals surface area (Å²) in [6.45, 7) is 4.04. The Balaban J connectivity index is 2.06. The van der Waals surface area contributed by atoms with Crippen molar-refractivity contribution in [2.75, 3.05) is 13.1 Å². The van der Waals surface area contributed by atoms with Gasteiger partial charge < -0.3 is 10.1 Å². The Bertz CT molecular complexity index is 380. The van der Waals surface area contributed by atoms with Gasteiger partial charge in [-0.3, -0.25) is 0 Å². The van der Waals surface area contributed by atoms with Gasteiger partial charge in [-0.05, 0) is 37.6 Å². The standard InChI is InChI=1S/C13H17ClFNO/c1-2-12(9-5-6-16-8-9)17-13-4-3-10(14)7-11(13)15/h3-4,7,9,12,16H,2,5-6,8H2,1H3/t9-,12-/m0/s1. The van der Waals surface area contributed by atoms with Gasteiger partial charge in [-0.1, -0.05) is 18.5 Å². The summed E-state index contributed by atoms with van der Waals surface area (Å²) in [6, 6.07) is 4.54. The molecule has 0 aliphatic carbocycles. The van der Waals surface area contributed by atoms with E-state index in [2.05, 4.69) is 12.2 Å². The average molecular weight is 258 g/mol. The van der Waals surface area contributed by atoms with Gasteiger partial charge in [0.1, 0.15) is 6.10 Å². The number of hydrogen-bond acceptors (Lipinski definition) is 2. The van der Waals surface area contributed by atoms with E-state index in [-0.39, 0.29) is 11.9 Å². The number of rotatable bonds is 4. The Morgan fingerprint density at radius 1 is 1.59 bits per heavy atom. The second-order valence-electron chi connectivity index (χ2n) is 4.39. The summed E-state index contributed by atoms with van der Waals surface area (Å²) in [6.07, 6.45) is 2.04. The van der Waals surface area contributed by atoms with Crippen molar-refractivity contribution < 1.29 is 9.13 Å². The van der Waals surface area contributed by atoms with Crippen LogP contribution in [0.3, 0.4) is 0 Å². The topological polar surface area (TPSA) is 21.3 Å². The zero-order valence-corrected chi connectivity index (χ0v) is 10.6. The molecule has 1 aliphatic heterocycles. The maximum Gasteiger partial charge on any atom is 0.166 e. The van der Waals surface area contributed by atoms with Crippen molar-refractivity contribution in [3.05, 3.63) is 29.0 Å². The molecule has 1 aromatic carbocycles. The van der Waals surface area contributed by atoms with E-state index in [1.165, 1.54) is 6.07 Å². The molecule has 0 amide bonds. The molecule has 1 aliphatic rings. The van der Waals surface area contributed by atoms with Crippen molar-refractivity contribution in [3.63, 3.8) is 0 Å². The number of hydrogen-bond donors (Lipinski definition) is 1. The lowest BCUT2D eigenvalue weighted by molar-refractivity contribution is 0.132. The largest absolute Gasteiger partial charge is 0.487 e. The molecule has 0 aromatic heterocycles. The minimum Gasteiger partial charge on any atom is -0.487 e. The molecule has 1 fully saturated rings. The van der Waals surface area contributed by atoms with Crippen LogP contribution in [0.25, 0.3) is 0 Å². The minimum atomic E-state index is -0.387. The van der Waals surface area contributed by atoms with Crippen LogP contribution in [-0.4, -0.2) is 19.2 Å². The lowest BCUT2D eigenvalue weighted by Crippen LogP contribution is -2.28. The van der Waals surface area contributed by atoms with Gasteiger partial charge in [0, 0.05) is 17.5 Å². The van der Waals surface area contributed by atoms with Gasteiger partial charge in [0.15, 0.2) is 11.6 Å². The first-order valence-electron chi connectivity index (χ1n) is 6.03. The maximum absolute atomic E-state index is 13.6. The highest BCUT2D eigenvalue weighted by molar-refractivity contribution is 6.30. The Labute approximate surface area is 106 Å². The molecule has 17 heavy (non-hydrogen) atoms. The van der Waals surface area contributed by atoms with E-state index in [1.807, 2.05) is 0 Å². The first-order valence-corrected chi connectivity index (χ1v) is 6.41. The van der Waals surface area contributed by atoms with E-state index < -0.39 is 0 Å². The molecule has 0 spiro atoms. The number of nitrogens with one attached hydrogen (secondary N) is 1. The molecule has 1 aromatic rings. The lowest BCUT2D eigenvalue weighted by atomic mass is 9.99. The van der Waals surface area contributed by atoms with E-state index >= 15 is 0 Å². The molecule has 0 radical (unpaired) electrons. The highest BCUT2D eigenvalue weighted by atomic mass is 35.5. The predicted octanol–water partition coefficient (Wildman–Crippen LogP) is 3.25. The second-order valence-corrected chi connectivity index (χ2v) is 4.83. The molecule has 1 saturated heterocycles. The van der Waals surface area contributed by atoms with Crippen LogP contribution < -0.4 is 10.1 Å². The van der Waals surface area contributed by atoms with Crippen molar-refractivity contribution in [2.24, 2.45) is 5.92 Å². The summed E-state index contributed by atoms with van der Waals surface area (Å²) >= 11 is 5.71. The fourth-order valence-corrected chi connectivity index (χ4v) is 2.40. The monoisotopic (exact) mass is 257 g/mol. The summed E-state index contributed by atoms with van der Waals surface area (Å²) in [5.41, 5.74) is 0. The smallest absolute Gasteiger partial charge is 0.166 e. The van der Waals surface area contributed by atoms with Crippen LogP contribution in [0.5, 0.6) is 5.75 Å². The van der Waals surface area contributed by atoms with Crippen molar-refractivity contribution in [3.8, 4) is 5.75 Å². The van der Waals surface area contributed by atoms with Crippen LogP contribution in [0.15, 0.2) is 18.2 Å². The molecule has 0 bridgehead atoms. The second kappa shape index (κ2) is 5.69. The number of halogens is 2. The molecule has 2 rings (SSSR count). The third-order valence-corrected chi connectivity index (χ3v) is 3.43. The van der Waals surface area contributed by atoms with Gasteiger partial charge in [-0.15, -0.1) is 0 Å². The van der Waals surface area contributed by atoms with E-state index in [9.17, 15) is 4.39 Å². The van der Waals surface area contributed by atoms with Crippen molar-refractivity contribution in [1.82, 2.24) is 5.32 Å². The summed E-state index contributed by atoms with van der Waals surface area (Å²) in [4.78, 5) is 0. The fourth-order valence-electron chi connectivity index (χ4n) is 2.24. The summed E-state index contributed by atoms with van der Waals surface area (Å²) < 4.78 is 19.4. The Morgan fingerprint density at radius 3 is 3.00 bits per heavy atom. The molecule has 0 saturated carbocycles. The van der Waals surface area contributed by atoms with Crippen molar-refractivity contribution in [2.45, 2.75) is 25.9 Å². The van der Waals surface area contributed by atoms with Gasteiger partial charge in [0.05, 0.1) is 0 Å². The van der Waals surface area contributed by atoms with Gasteiger partial charge in [-0.2, -0.15) is 0 Å². The average Bonchev–Trinajstić information content (AvgIpc) is 2.81. The van der Waals surface area contributed by atoms with E-state index in [1.54, 1.807) is 12.1 Å². The first kappa shape index (κ1) is 12.7. The molecule has 2 atom stereocenters. The van der Waals surface area contributed by atoms with Gasteiger partial charge in [0.25, 0.3) is 0 Å². The molecule has 1 N–H and O–H groups in total. The van der Waals surface area contributed by atoms with Crippen LogP contribution >= 0.6 is 11.6 Å². The molecular weight excluding hydrogens is 241 g/mol. The Kier molecular flexibility index (Phi) is 4.24. The SMILES string of the molecule is CC[C@H](Oc1ccc(Cl)cc1F)[C@H]1CCNC1. The van der Waals surface area contributed by atoms with Crippen LogP contribution in [0.2, 0.25) is 5.02 Å².